The predicted molar refractivity (Wildman–Crippen MR) is 102 cm³/mol. The first kappa shape index (κ1) is 20.1. The van der Waals surface area contributed by atoms with E-state index in [4.69, 9.17) is 4.74 Å². The Morgan fingerprint density at radius 2 is 1.89 bits per heavy atom. The monoisotopic (exact) mass is 388 g/mol. The van der Waals surface area contributed by atoms with E-state index in [9.17, 15) is 19.1 Å². The standard InChI is InChI=1S/C21H25FN2O4/c1-13-11-18(14(2)24(13)17-5-3-16(22)4-6-17)20(25)23-12-19(21(26)27)15-7-9-28-10-8-15/h3-6,11,15,19H,7-10,12H2,1-2H3,(H,23,25)(H,26,27). The molecule has 1 unspecified atom stereocenters. The molecule has 7 heteroatoms. The number of carboxylic acids is 1. The first-order valence-electron chi connectivity index (χ1n) is 9.42. The van der Waals surface area contributed by atoms with Gasteiger partial charge in [-0.1, -0.05) is 0 Å². The Morgan fingerprint density at radius 1 is 1.25 bits per heavy atom. The molecule has 28 heavy (non-hydrogen) atoms. The summed E-state index contributed by atoms with van der Waals surface area (Å²) in [7, 11) is 0. The number of carboxylic acid groups (broad SMARTS) is 1. The molecule has 1 saturated heterocycles. The minimum atomic E-state index is -0.899. The molecular weight excluding hydrogens is 363 g/mol. The maximum Gasteiger partial charge on any atom is 0.308 e. The zero-order valence-corrected chi connectivity index (χ0v) is 16.1. The minimum absolute atomic E-state index is 0.00167. The van der Waals surface area contributed by atoms with Gasteiger partial charge in [0.15, 0.2) is 0 Å². The number of carbonyl (C=O) groups is 2. The van der Waals surface area contributed by atoms with Gasteiger partial charge in [-0.15, -0.1) is 0 Å². The van der Waals surface area contributed by atoms with Crippen molar-refractivity contribution in [2.75, 3.05) is 19.8 Å². The van der Waals surface area contributed by atoms with Crippen LogP contribution < -0.4 is 5.32 Å². The number of hydrogen-bond donors (Lipinski definition) is 2. The summed E-state index contributed by atoms with van der Waals surface area (Å²) in [5.41, 5.74) is 2.81. The van der Waals surface area contributed by atoms with Crippen LogP contribution in [0.25, 0.3) is 5.69 Å². The summed E-state index contributed by atoms with van der Waals surface area (Å²) in [4.78, 5) is 24.4. The first-order valence-corrected chi connectivity index (χ1v) is 9.42. The fourth-order valence-electron chi connectivity index (χ4n) is 3.85. The van der Waals surface area contributed by atoms with Gasteiger partial charge in [0.25, 0.3) is 5.91 Å². The fourth-order valence-corrected chi connectivity index (χ4v) is 3.85. The molecule has 150 valence electrons. The normalized spacial score (nSPS) is 16.0. The van der Waals surface area contributed by atoms with E-state index in [0.717, 1.165) is 17.1 Å². The van der Waals surface area contributed by atoms with E-state index in [2.05, 4.69) is 5.32 Å². The van der Waals surface area contributed by atoms with Crippen molar-refractivity contribution >= 4 is 11.9 Å². The van der Waals surface area contributed by atoms with Crippen molar-refractivity contribution in [2.45, 2.75) is 26.7 Å². The van der Waals surface area contributed by atoms with E-state index in [0.29, 0.717) is 31.6 Å². The van der Waals surface area contributed by atoms with Crippen LogP contribution in [-0.4, -0.2) is 41.3 Å². The second-order valence-electron chi connectivity index (χ2n) is 7.20. The molecule has 0 radical (unpaired) electrons. The smallest absolute Gasteiger partial charge is 0.308 e. The highest BCUT2D eigenvalue weighted by molar-refractivity contribution is 5.96. The van der Waals surface area contributed by atoms with Crippen LogP contribution in [0.3, 0.4) is 0 Å². The lowest BCUT2D eigenvalue weighted by atomic mass is 9.86. The molecule has 1 amide bonds. The van der Waals surface area contributed by atoms with Crippen LogP contribution in [0.1, 0.15) is 34.6 Å². The summed E-state index contributed by atoms with van der Waals surface area (Å²) < 4.78 is 20.4. The number of nitrogens with one attached hydrogen (secondary N) is 1. The van der Waals surface area contributed by atoms with E-state index >= 15 is 0 Å². The number of aromatic nitrogens is 1. The number of ether oxygens (including phenoxy) is 1. The first-order chi connectivity index (χ1) is 13.4. The number of nitrogens with zero attached hydrogens (tertiary/aromatic N) is 1. The van der Waals surface area contributed by atoms with Gasteiger partial charge in [-0.3, -0.25) is 9.59 Å². The van der Waals surface area contributed by atoms with Crippen molar-refractivity contribution in [1.29, 1.82) is 0 Å². The van der Waals surface area contributed by atoms with Gasteiger partial charge in [0.05, 0.1) is 11.5 Å². The van der Waals surface area contributed by atoms with Crippen molar-refractivity contribution in [3.05, 3.63) is 53.1 Å². The third-order valence-electron chi connectivity index (χ3n) is 5.40. The van der Waals surface area contributed by atoms with Crippen LogP contribution in [-0.2, 0) is 9.53 Å². The number of benzene rings is 1. The van der Waals surface area contributed by atoms with Gasteiger partial charge >= 0.3 is 5.97 Å². The number of halogens is 1. The summed E-state index contributed by atoms with van der Waals surface area (Å²) in [6, 6.07) is 7.82. The summed E-state index contributed by atoms with van der Waals surface area (Å²) in [5, 5.41) is 12.3. The SMILES string of the molecule is Cc1cc(C(=O)NCC(C(=O)O)C2CCOCC2)c(C)n1-c1ccc(F)cc1. The summed E-state index contributed by atoms with van der Waals surface area (Å²) >= 11 is 0. The lowest BCUT2D eigenvalue weighted by molar-refractivity contribution is -0.144. The largest absolute Gasteiger partial charge is 0.481 e. The summed E-state index contributed by atoms with van der Waals surface area (Å²) in [5.74, 6) is -2.16. The second-order valence-corrected chi connectivity index (χ2v) is 7.20. The van der Waals surface area contributed by atoms with E-state index in [-0.39, 0.29) is 24.2 Å². The summed E-state index contributed by atoms with van der Waals surface area (Å²) in [6.45, 7) is 4.88. The molecule has 2 aromatic rings. The van der Waals surface area contributed by atoms with Gasteiger partial charge in [-0.25, -0.2) is 4.39 Å². The zero-order valence-electron chi connectivity index (χ0n) is 16.1. The van der Waals surface area contributed by atoms with Crippen molar-refractivity contribution in [1.82, 2.24) is 9.88 Å². The number of amides is 1. The van der Waals surface area contributed by atoms with E-state index in [1.165, 1.54) is 12.1 Å². The maximum atomic E-state index is 13.2. The molecule has 0 aliphatic carbocycles. The fraction of sp³-hybridized carbons (Fsp3) is 0.429. The number of rotatable bonds is 6. The van der Waals surface area contributed by atoms with E-state index in [1.807, 2.05) is 18.4 Å². The van der Waals surface area contributed by atoms with Crippen molar-refractivity contribution in [3.8, 4) is 5.69 Å². The molecule has 2 N–H and O–H groups in total. The quantitative estimate of drug-likeness (QED) is 0.797. The van der Waals surface area contributed by atoms with Gasteiger partial charge < -0.3 is 19.7 Å². The lowest BCUT2D eigenvalue weighted by Gasteiger charge is -2.27. The molecule has 0 spiro atoms. The molecule has 1 aliphatic rings. The minimum Gasteiger partial charge on any atom is -0.481 e. The van der Waals surface area contributed by atoms with Gasteiger partial charge in [0.2, 0.25) is 0 Å². The molecule has 1 aromatic carbocycles. The van der Waals surface area contributed by atoms with Crippen LogP contribution in [0.5, 0.6) is 0 Å². The Balaban J connectivity index is 1.74. The van der Waals surface area contributed by atoms with Gasteiger partial charge in [0.1, 0.15) is 5.82 Å². The highest BCUT2D eigenvalue weighted by Gasteiger charge is 2.30. The third kappa shape index (κ3) is 4.25. The Hall–Kier alpha value is -2.67. The Kier molecular flexibility index (Phi) is 6.14. The number of aryl methyl sites for hydroxylation is 1. The average Bonchev–Trinajstić information content (AvgIpc) is 2.97. The molecule has 0 saturated carbocycles. The van der Waals surface area contributed by atoms with E-state index in [1.54, 1.807) is 18.2 Å². The van der Waals surface area contributed by atoms with Crippen LogP contribution in [0, 0.1) is 31.5 Å². The Bertz CT molecular complexity index is 854. The van der Waals surface area contributed by atoms with Crippen molar-refractivity contribution in [2.24, 2.45) is 11.8 Å². The third-order valence-corrected chi connectivity index (χ3v) is 5.40. The molecule has 6 nitrogen and oxygen atoms in total. The molecule has 1 aliphatic heterocycles. The van der Waals surface area contributed by atoms with Gasteiger partial charge in [-0.05, 0) is 62.9 Å². The number of hydrogen-bond acceptors (Lipinski definition) is 3. The molecule has 1 atom stereocenters. The molecule has 0 bridgehead atoms. The highest BCUT2D eigenvalue weighted by Crippen LogP contribution is 2.25. The van der Waals surface area contributed by atoms with Crippen LogP contribution in [0.4, 0.5) is 4.39 Å². The summed E-state index contributed by atoms with van der Waals surface area (Å²) in [6.07, 6.45) is 1.37. The predicted octanol–water partition coefficient (Wildman–Crippen LogP) is 3.09. The van der Waals surface area contributed by atoms with Crippen LogP contribution >= 0.6 is 0 Å². The molecular formula is C21H25FN2O4. The van der Waals surface area contributed by atoms with Gasteiger partial charge in [0, 0.05) is 36.8 Å². The number of aliphatic carboxylic acids is 1. The van der Waals surface area contributed by atoms with Gasteiger partial charge in [-0.2, -0.15) is 0 Å². The van der Waals surface area contributed by atoms with E-state index < -0.39 is 11.9 Å². The Morgan fingerprint density at radius 3 is 2.50 bits per heavy atom. The lowest BCUT2D eigenvalue weighted by Crippen LogP contribution is -2.39. The maximum absolute atomic E-state index is 13.2. The topological polar surface area (TPSA) is 80.6 Å². The van der Waals surface area contributed by atoms with Crippen molar-refractivity contribution in [3.63, 3.8) is 0 Å². The highest BCUT2D eigenvalue weighted by atomic mass is 19.1. The molecule has 2 heterocycles. The average molecular weight is 388 g/mol. The van der Waals surface area contributed by atoms with Crippen molar-refractivity contribution < 1.29 is 23.8 Å². The van der Waals surface area contributed by atoms with Crippen LogP contribution in [0.15, 0.2) is 30.3 Å². The molecule has 1 aromatic heterocycles. The number of carbonyl (C=O) groups excluding carboxylic acids is 1. The second kappa shape index (κ2) is 8.56. The molecule has 3 rings (SSSR count). The molecule has 1 fully saturated rings. The zero-order chi connectivity index (χ0) is 20.3. The van der Waals surface area contributed by atoms with Crippen LogP contribution in [0.2, 0.25) is 0 Å². The Labute approximate surface area is 163 Å².